The van der Waals surface area contributed by atoms with Crippen LogP contribution in [0.1, 0.15) is 5.56 Å². The van der Waals surface area contributed by atoms with Gasteiger partial charge in [-0.3, -0.25) is 0 Å². The summed E-state index contributed by atoms with van der Waals surface area (Å²) in [4.78, 5) is 0. The minimum absolute atomic E-state index is 0.359. The lowest BCUT2D eigenvalue weighted by Gasteiger charge is -2.12. The van der Waals surface area contributed by atoms with Gasteiger partial charge < -0.3 is 14.2 Å². The molecular formula is C20H17NO3. The van der Waals surface area contributed by atoms with E-state index in [0.29, 0.717) is 30.3 Å². The third-order valence-corrected chi connectivity index (χ3v) is 3.62. The number of hydrogen-bond donors (Lipinski definition) is 0. The van der Waals surface area contributed by atoms with E-state index < -0.39 is 0 Å². The Hall–Kier alpha value is -3.19. The molecule has 3 aromatic rings. The van der Waals surface area contributed by atoms with Crippen molar-refractivity contribution in [3.05, 3.63) is 66.2 Å². The molecule has 120 valence electrons. The minimum Gasteiger partial charge on any atom is -0.493 e. The second kappa shape index (κ2) is 7.38. The molecule has 0 aliphatic heterocycles. The Morgan fingerprint density at radius 1 is 0.833 bits per heavy atom. The number of benzene rings is 3. The van der Waals surface area contributed by atoms with Crippen molar-refractivity contribution >= 4 is 10.8 Å². The molecule has 0 aliphatic rings. The molecular weight excluding hydrogens is 302 g/mol. The van der Waals surface area contributed by atoms with Crippen molar-refractivity contribution in [1.82, 2.24) is 0 Å². The number of rotatable bonds is 6. The van der Waals surface area contributed by atoms with Gasteiger partial charge in [0, 0.05) is 6.07 Å². The maximum atomic E-state index is 8.96. The molecule has 0 bridgehead atoms. The highest BCUT2D eigenvalue weighted by Gasteiger charge is 2.06. The smallest absolute Gasteiger partial charge is 0.162 e. The summed E-state index contributed by atoms with van der Waals surface area (Å²) in [7, 11) is 1.57. The Morgan fingerprint density at radius 2 is 1.62 bits per heavy atom. The lowest BCUT2D eigenvalue weighted by atomic mass is 10.1. The lowest BCUT2D eigenvalue weighted by molar-refractivity contribution is 0.211. The predicted molar refractivity (Wildman–Crippen MR) is 92.6 cm³/mol. The SMILES string of the molecule is COc1ccc(C#N)cc1OCCOc1ccc2ccccc2c1. The molecule has 0 spiro atoms. The average molecular weight is 319 g/mol. The minimum atomic E-state index is 0.359. The fraction of sp³-hybridized carbons (Fsp3) is 0.150. The normalized spacial score (nSPS) is 10.2. The molecule has 0 fully saturated rings. The molecule has 3 aromatic carbocycles. The van der Waals surface area contributed by atoms with Crippen molar-refractivity contribution in [1.29, 1.82) is 5.26 Å². The number of methoxy groups -OCH3 is 1. The van der Waals surface area contributed by atoms with E-state index in [-0.39, 0.29) is 0 Å². The van der Waals surface area contributed by atoms with Crippen LogP contribution < -0.4 is 14.2 Å². The molecule has 0 aliphatic carbocycles. The maximum Gasteiger partial charge on any atom is 0.162 e. The van der Waals surface area contributed by atoms with E-state index in [1.54, 1.807) is 25.3 Å². The van der Waals surface area contributed by atoms with Crippen LogP contribution in [0.2, 0.25) is 0 Å². The van der Waals surface area contributed by atoms with Crippen LogP contribution in [-0.4, -0.2) is 20.3 Å². The zero-order chi connectivity index (χ0) is 16.8. The molecule has 24 heavy (non-hydrogen) atoms. The first-order chi connectivity index (χ1) is 11.8. The Kier molecular flexibility index (Phi) is 4.83. The van der Waals surface area contributed by atoms with Crippen molar-refractivity contribution in [2.75, 3.05) is 20.3 Å². The summed E-state index contributed by atoms with van der Waals surface area (Å²) in [6, 6.07) is 21.3. The molecule has 3 rings (SSSR count). The third kappa shape index (κ3) is 3.58. The number of nitrogens with zero attached hydrogens (tertiary/aromatic N) is 1. The fourth-order valence-electron chi connectivity index (χ4n) is 2.43. The van der Waals surface area contributed by atoms with E-state index >= 15 is 0 Å². The first-order valence-electron chi connectivity index (χ1n) is 7.62. The van der Waals surface area contributed by atoms with Gasteiger partial charge in [-0.15, -0.1) is 0 Å². The summed E-state index contributed by atoms with van der Waals surface area (Å²) in [6.07, 6.45) is 0. The van der Waals surface area contributed by atoms with Gasteiger partial charge in [0.05, 0.1) is 18.7 Å². The average Bonchev–Trinajstić information content (AvgIpc) is 2.65. The second-order valence-electron chi connectivity index (χ2n) is 5.18. The monoisotopic (exact) mass is 319 g/mol. The van der Waals surface area contributed by atoms with Gasteiger partial charge in [0.1, 0.15) is 19.0 Å². The topological polar surface area (TPSA) is 51.5 Å². The van der Waals surface area contributed by atoms with Gasteiger partial charge in [0.25, 0.3) is 0 Å². The van der Waals surface area contributed by atoms with Gasteiger partial charge in [0.15, 0.2) is 11.5 Å². The Bertz CT molecular complexity index is 883. The summed E-state index contributed by atoms with van der Waals surface area (Å²) in [5, 5.41) is 11.3. The van der Waals surface area contributed by atoms with Crippen LogP contribution in [0.3, 0.4) is 0 Å². The molecule has 0 amide bonds. The van der Waals surface area contributed by atoms with Gasteiger partial charge in [-0.25, -0.2) is 0 Å². The fourth-order valence-corrected chi connectivity index (χ4v) is 2.43. The summed E-state index contributed by atoms with van der Waals surface area (Å²) in [6.45, 7) is 0.760. The summed E-state index contributed by atoms with van der Waals surface area (Å²) in [5.74, 6) is 1.94. The molecule has 0 radical (unpaired) electrons. The quantitative estimate of drug-likeness (QED) is 0.640. The van der Waals surface area contributed by atoms with E-state index in [1.165, 1.54) is 5.39 Å². The Labute approximate surface area is 140 Å². The molecule has 0 unspecified atom stereocenters. The van der Waals surface area contributed by atoms with Crippen molar-refractivity contribution in [2.24, 2.45) is 0 Å². The van der Waals surface area contributed by atoms with Crippen LogP contribution in [-0.2, 0) is 0 Å². The first kappa shape index (κ1) is 15.7. The molecule has 4 heteroatoms. The Balaban J connectivity index is 1.59. The highest BCUT2D eigenvalue weighted by molar-refractivity contribution is 5.83. The number of fused-ring (bicyclic) bond motifs is 1. The maximum absolute atomic E-state index is 8.96. The summed E-state index contributed by atoms with van der Waals surface area (Å²) in [5.41, 5.74) is 0.529. The summed E-state index contributed by atoms with van der Waals surface area (Å²) < 4.78 is 16.6. The van der Waals surface area contributed by atoms with Crippen LogP contribution in [0.4, 0.5) is 0 Å². The van der Waals surface area contributed by atoms with Crippen LogP contribution in [0.25, 0.3) is 10.8 Å². The highest BCUT2D eigenvalue weighted by atomic mass is 16.5. The zero-order valence-electron chi connectivity index (χ0n) is 13.4. The third-order valence-electron chi connectivity index (χ3n) is 3.62. The van der Waals surface area contributed by atoms with Gasteiger partial charge in [-0.05, 0) is 35.0 Å². The molecule has 0 atom stereocenters. The molecule has 4 nitrogen and oxygen atoms in total. The number of ether oxygens (including phenoxy) is 3. The van der Waals surface area contributed by atoms with Crippen LogP contribution in [0, 0.1) is 11.3 Å². The van der Waals surface area contributed by atoms with E-state index in [4.69, 9.17) is 19.5 Å². The van der Waals surface area contributed by atoms with Gasteiger partial charge in [0.2, 0.25) is 0 Å². The molecule has 0 heterocycles. The molecule has 0 saturated heterocycles. The Morgan fingerprint density at radius 3 is 2.42 bits per heavy atom. The molecule has 0 saturated carbocycles. The van der Waals surface area contributed by atoms with E-state index in [2.05, 4.69) is 18.2 Å². The van der Waals surface area contributed by atoms with Crippen molar-refractivity contribution in [2.45, 2.75) is 0 Å². The van der Waals surface area contributed by atoms with Gasteiger partial charge >= 0.3 is 0 Å². The predicted octanol–water partition coefficient (Wildman–Crippen LogP) is 4.18. The van der Waals surface area contributed by atoms with E-state index in [1.807, 2.05) is 30.3 Å². The van der Waals surface area contributed by atoms with Crippen molar-refractivity contribution in [3.8, 4) is 23.3 Å². The van der Waals surface area contributed by atoms with E-state index in [0.717, 1.165) is 11.1 Å². The number of nitriles is 1. The van der Waals surface area contributed by atoms with Gasteiger partial charge in [-0.2, -0.15) is 5.26 Å². The second-order valence-corrected chi connectivity index (χ2v) is 5.18. The largest absolute Gasteiger partial charge is 0.493 e. The van der Waals surface area contributed by atoms with Crippen LogP contribution >= 0.6 is 0 Å². The summed E-state index contributed by atoms with van der Waals surface area (Å²) >= 11 is 0. The number of hydrogen-bond acceptors (Lipinski definition) is 4. The van der Waals surface area contributed by atoms with Crippen LogP contribution in [0.5, 0.6) is 17.2 Å². The van der Waals surface area contributed by atoms with Gasteiger partial charge in [-0.1, -0.05) is 30.3 Å². The zero-order valence-corrected chi connectivity index (χ0v) is 13.4. The van der Waals surface area contributed by atoms with Crippen molar-refractivity contribution < 1.29 is 14.2 Å². The highest BCUT2D eigenvalue weighted by Crippen LogP contribution is 2.28. The molecule has 0 aromatic heterocycles. The van der Waals surface area contributed by atoms with E-state index in [9.17, 15) is 0 Å². The van der Waals surface area contributed by atoms with Crippen LogP contribution in [0.15, 0.2) is 60.7 Å². The first-order valence-corrected chi connectivity index (χ1v) is 7.62. The molecule has 0 N–H and O–H groups in total. The van der Waals surface area contributed by atoms with Crippen molar-refractivity contribution in [3.63, 3.8) is 0 Å². The lowest BCUT2D eigenvalue weighted by Crippen LogP contribution is -2.09. The standard InChI is InChI=1S/C20H17NO3/c1-22-19-9-6-15(14-21)12-20(19)24-11-10-23-18-8-7-16-4-2-3-5-17(16)13-18/h2-9,12-13H,10-11H2,1H3.